The molecule has 4 aliphatic rings. The lowest BCUT2D eigenvalue weighted by atomic mass is 9.37. The molecule has 6 rings (SSSR count). The number of nitrogens with zero attached hydrogens (tertiary/aromatic N) is 2. The molecule has 25 heavy (non-hydrogen) atoms. The third-order valence-corrected chi connectivity index (χ3v) is 6.63. The van der Waals surface area contributed by atoms with E-state index in [-0.39, 0.29) is 28.6 Å². The van der Waals surface area contributed by atoms with Crippen molar-refractivity contribution in [1.29, 1.82) is 0 Å². The molecule has 3 saturated carbocycles. The Morgan fingerprint density at radius 1 is 1.04 bits per heavy atom. The van der Waals surface area contributed by atoms with Gasteiger partial charge in [0.05, 0.1) is 0 Å². The van der Waals surface area contributed by atoms with Gasteiger partial charge in [0.1, 0.15) is 5.82 Å². The minimum Gasteiger partial charge on any atom is -0.337 e. The highest BCUT2D eigenvalue weighted by atomic mass is 19.1. The van der Waals surface area contributed by atoms with E-state index in [1.54, 1.807) is 0 Å². The molecule has 4 fully saturated rings. The fraction of sp³-hybridized carbons (Fsp3) is 0.429. The lowest BCUT2D eigenvalue weighted by Crippen LogP contribution is -2.78. The summed E-state index contributed by atoms with van der Waals surface area (Å²) in [5.41, 5.74) is 2.85. The highest BCUT2D eigenvalue weighted by molar-refractivity contribution is 5.80. The Labute approximate surface area is 146 Å². The molecular weight excluding hydrogens is 315 g/mol. The van der Waals surface area contributed by atoms with Crippen LogP contribution in [0.1, 0.15) is 49.1 Å². The van der Waals surface area contributed by atoms with Gasteiger partial charge in [-0.1, -0.05) is 12.1 Å². The second-order valence-electron chi connectivity index (χ2n) is 8.06. The van der Waals surface area contributed by atoms with Gasteiger partial charge in [0.15, 0.2) is 0 Å². The van der Waals surface area contributed by atoms with Crippen molar-refractivity contribution in [2.75, 3.05) is 6.54 Å². The maximum Gasteiger partial charge on any atom is 0.223 e. The predicted octanol–water partition coefficient (Wildman–Crippen LogP) is 3.80. The average Bonchev–Trinajstić information content (AvgIpc) is 2.56. The molecule has 1 aliphatic heterocycles. The summed E-state index contributed by atoms with van der Waals surface area (Å²) in [6, 6.07) is 10.9. The Balaban J connectivity index is 1.26. The van der Waals surface area contributed by atoms with Gasteiger partial charge >= 0.3 is 0 Å². The molecule has 4 heteroatoms. The van der Waals surface area contributed by atoms with Gasteiger partial charge in [-0.25, -0.2) is 4.39 Å². The quantitative estimate of drug-likeness (QED) is 0.854. The molecule has 1 saturated heterocycles. The number of hydrogen-bond acceptors (Lipinski definition) is 2. The third kappa shape index (κ3) is 2.16. The van der Waals surface area contributed by atoms with Gasteiger partial charge in [-0.15, -0.1) is 0 Å². The molecule has 1 atom stereocenters. The lowest BCUT2D eigenvalue weighted by molar-refractivity contribution is -0.189. The number of carbonyl (C=O) groups is 1. The summed E-state index contributed by atoms with van der Waals surface area (Å²) in [6.07, 6.45) is 8.53. The third-order valence-electron chi connectivity index (χ3n) is 6.63. The monoisotopic (exact) mass is 336 g/mol. The normalized spacial score (nSPS) is 33.6. The van der Waals surface area contributed by atoms with Crippen molar-refractivity contribution in [3.63, 3.8) is 0 Å². The standard InChI is InChI=1S/C21H21FN2O/c22-18-3-1-15(2-4-18)16-7-10-24(19(25)11-16)21-12-20(13-21,14-21)17-5-8-23-9-6-17/h1-6,8-9,16H,7,10-14H2. The van der Waals surface area contributed by atoms with Crippen molar-refractivity contribution in [1.82, 2.24) is 9.88 Å². The summed E-state index contributed by atoms with van der Waals surface area (Å²) < 4.78 is 13.1. The number of pyridine rings is 1. The van der Waals surface area contributed by atoms with Crippen LogP contribution in [0.2, 0.25) is 0 Å². The van der Waals surface area contributed by atoms with Crippen LogP contribution in [0.25, 0.3) is 0 Å². The zero-order valence-electron chi connectivity index (χ0n) is 14.1. The Morgan fingerprint density at radius 3 is 2.36 bits per heavy atom. The number of rotatable bonds is 3. The maximum atomic E-state index is 13.1. The summed E-state index contributed by atoms with van der Waals surface area (Å²) in [4.78, 5) is 19.0. The van der Waals surface area contributed by atoms with Crippen LogP contribution in [0.15, 0.2) is 48.8 Å². The zero-order valence-corrected chi connectivity index (χ0v) is 14.1. The van der Waals surface area contributed by atoms with E-state index < -0.39 is 0 Å². The maximum absolute atomic E-state index is 13.1. The number of amides is 1. The molecule has 1 unspecified atom stereocenters. The van der Waals surface area contributed by atoms with Crippen molar-refractivity contribution in [3.05, 3.63) is 65.7 Å². The van der Waals surface area contributed by atoms with Crippen LogP contribution < -0.4 is 0 Å². The van der Waals surface area contributed by atoms with Crippen LogP contribution >= 0.6 is 0 Å². The smallest absolute Gasteiger partial charge is 0.223 e. The molecule has 0 spiro atoms. The van der Waals surface area contributed by atoms with E-state index in [4.69, 9.17) is 0 Å². The molecule has 3 aliphatic carbocycles. The minimum atomic E-state index is -0.220. The molecule has 1 aromatic carbocycles. The van der Waals surface area contributed by atoms with E-state index in [1.165, 1.54) is 17.7 Å². The number of carbonyl (C=O) groups excluding carboxylic acids is 1. The summed E-state index contributed by atoms with van der Waals surface area (Å²) in [7, 11) is 0. The molecule has 128 valence electrons. The van der Waals surface area contributed by atoms with E-state index in [9.17, 15) is 9.18 Å². The topological polar surface area (TPSA) is 33.2 Å². The molecule has 2 aromatic rings. The highest BCUT2D eigenvalue weighted by Crippen LogP contribution is 2.70. The Bertz CT molecular complexity index is 798. The zero-order chi connectivity index (χ0) is 17.1. The summed E-state index contributed by atoms with van der Waals surface area (Å²) >= 11 is 0. The van der Waals surface area contributed by atoms with Crippen molar-refractivity contribution in [3.8, 4) is 0 Å². The van der Waals surface area contributed by atoms with Gasteiger partial charge in [0, 0.05) is 36.3 Å². The number of hydrogen-bond donors (Lipinski definition) is 0. The van der Waals surface area contributed by atoms with Crippen LogP contribution in [0.5, 0.6) is 0 Å². The number of benzene rings is 1. The first-order valence-electron chi connectivity index (χ1n) is 9.07. The van der Waals surface area contributed by atoms with Gasteiger partial charge in [0.2, 0.25) is 5.91 Å². The molecule has 2 bridgehead atoms. The summed E-state index contributed by atoms with van der Waals surface area (Å²) in [5, 5.41) is 0. The van der Waals surface area contributed by atoms with Crippen molar-refractivity contribution in [2.24, 2.45) is 0 Å². The van der Waals surface area contributed by atoms with Gasteiger partial charge in [-0.3, -0.25) is 9.78 Å². The molecule has 0 N–H and O–H groups in total. The lowest BCUT2D eigenvalue weighted by Gasteiger charge is -2.74. The fourth-order valence-corrected chi connectivity index (χ4v) is 5.39. The van der Waals surface area contributed by atoms with Crippen LogP contribution in [0.3, 0.4) is 0 Å². The Morgan fingerprint density at radius 2 is 1.72 bits per heavy atom. The highest BCUT2D eigenvalue weighted by Gasteiger charge is 2.71. The Kier molecular flexibility index (Phi) is 3.09. The van der Waals surface area contributed by atoms with Crippen LogP contribution in [0, 0.1) is 5.82 Å². The number of piperidine rings is 1. The van der Waals surface area contributed by atoms with Crippen molar-refractivity contribution in [2.45, 2.75) is 49.0 Å². The van der Waals surface area contributed by atoms with Crippen molar-refractivity contribution >= 4 is 5.91 Å². The number of aromatic nitrogens is 1. The molecule has 3 nitrogen and oxygen atoms in total. The molecule has 1 amide bonds. The van der Waals surface area contributed by atoms with E-state index >= 15 is 0 Å². The van der Waals surface area contributed by atoms with Gasteiger partial charge in [-0.2, -0.15) is 0 Å². The van der Waals surface area contributed by atoms with Crippen molar-refractivity contribution < 1.29 is 9.18 Å². The molecule has 0 radical (unpaired) electrons. The largest absolute Gasteiger partial charge is 0.337 e. The second-order valence-corrected chi connectivity index (χ2v) is 8.06. The number of likely N-dealkylation sites (tertiary alicyclic amines) is 1. The molecule has 1 aromatic heterocycles. The SMILES string of the molecule is O=C1CC(c2ccc(F)cc2)CCN1C12CC(c3ccncc3)(C1)C2. The van der Waals surface area contributed by atoms with E-state index in [2.05, 4.69) is 22.0 Å². The van der Waals surface area contributed by atoms with Gasteiger partial charge < -0.3 is 4.90 Å². The summed E-state index contributed by atoms with van der Waals surface area (Å²) in [5.74, 6) is 0.275. The minimum absolute atomic E-state index is 0.105. The van der Waals surface area contributed by atoms with E-state index in [0.717, 1.165) is 37.8 Å². The predicted molar refractivity (Wildman–Crippen MR) is 92.6 cm³/mol. The van der Waals surface area contributed by atoms with E-state index in [1.807, 2.05) is 24.5 Å². The fourth-order valence-electron chi connectivity index (χ4n) is 5.39. The first-order valence-corrected chi connectivity index (χ1v) is 9.07. The van der Waals surface area contributed by atoms with Crippen LogP contribution in [0.4, 0.5) is 4.39 Å². The Hall–Kier alpha value is -2.23. The van der Waals surface area contributed by atoms with Gasteiger partial charge in [0.25, 0.3) is 0 Å². The first kappa shape index (κ1) is 15.1. The summed E-state index contributed by atoms with van der Waals surface area (Å²) in [6.45, 7) is 0.827. The molecular formula is C21H21FN2O. The van der Waals surface area contributed by atoms with Gasteiger partial charge in [-0.05, 0) is 67.0 Å². The van der Waals surface area contributed by atoms with Crippen LogP contribution in [-0.4, -0.2) is 27.9 Å². The van der Waals surface area contributed by atoms with Crippen LogP contribution in [-0.2, 0) is 10.2 Å². The number of halogens is 1. The second kappa shape index (κ2) is 5.13. The van der Waals surface area contributed by atoms with E-state index in [0.29, 0.717) is 6.42 Å². The first-order chi connectivity index (χ1) is 12.1. The molecule has 2 heterocycles. The average molecular weight is 336 g/mol.